The number of hydrogen-bond acceptors (Lipinski definition) is 9. The molecule has 0 spiro atoms. The summed E-state index contributed by atoms with van der Waals surface area (Å²) in [6.07, 6.45) is -0.894. The highest BCUT2D eigenvalue weighted by Crippen LogP contribution is 2.44. The van der Waals surface area contributed by atoms with E-state index in [2.05, 4.69) is 20.3 Å². The molecule has 1 fully saturated rings. The molecule has 1 aromatic carbocycles. The number of aliphatic hydroxyl groups excluding tert-OH is 3. The number of carboxylic acids is 1. The van der Waals surface area contributed by atoms with Crippen molar-refractivity contribution in [1.82, 2.24) is 19.5 Å². The van der Waals surface area contributed by atoms with Gasteiger partial charge >= 0.3 is 5.97 Å². The number of rotatable bonds is 6. The molecule has 0 amide bonds. The zero-order valence-corrected chi connectivity index (χ0v) is 16.9. The van der Waals surface area contributed by atoms with E-state index in [1.165, 1.54) is 17.2 Å². The van der Waals surface area contributed by atoms with Crippen LogP contribution in [0.15, 0.2) is 36.9 Å². The molecule has 0 bridgehead atoms. The summed E-state index contributed by atoms with van der Waals surface area (Å²) in [6, 6.07) is 7.61. The van der Waals surface area contributed by atoms with Gasteiger partial charge in [0.1, 0.15) is 24.6 Å². The minimum Gasteiger partial charge on any atom is -0.481 e. The lowest BCUT2D eigenvalue weighted by molar-refractivity contribution is -0.137. The van der Waals surface area contributed by atoms with E-state index in [4.69, 9.17) is 4.74 Å². The van der Waals surface area contributed by atoms with Crippen molar-refractivity contribution in [2.45, 2.75) is 49.3 Å². The van der Waals surface area contributed by atoms with E-state index in [0.29, 0.717) is 23.4 Å². The van der Waals surface area contributed by atoms with Crippen LogP contribution < -0.4 is 5.32 Å². The summed E-state index contributed by atoms with van der Waals surface area (Å²) in [4.78, 5) is 24.3. The summed E-state index contributed by atoms with van der Waals surface area (Å²) in [6.45, 7) is -0.429. The fourth-order valence-corrected chi connectivity index (χ4v) is 4.70. The van der Waals surface area contributed by atoms with Gasteiger partial charge in [0.25, 0.3) is 0 Å². The molecule has 5 N–H and O–H groups in total. The second kappa shape index (κ2) is 8.10. The third-order valence-electron chi connectivity index (χ3n) is 6.21. The number of ether oxygens (including phenoxy) is 1. The van der Waals surface area contributed by atoms with Crippen LogP contribution >= 0.6 is 0 Å². The topological polar surface area (TPSA) is 163 Å². The van der Waals surface area contributed by atoms with Gasteiger partial charge in [-0.1, -0.05) is 24.3 Å². The number of nitrogens with one attached hydrogen (secondary N) is 1. The van der Waals surface area contributed by atoms with Crippen LogP contribution in [-0.2, 0) is 9.53 Å². The molecule has 2 unspecified atom stereocenters. The van der Waals surface area contributed by atoms with Crippen LogP contribution in [0, 0.1) is 0 Å². The molecule has 1 aliphatic heterocycles. The van der Waals surface area contributed by atoms with Gasteiger partial charge in [0, 0.05) is 0 Å². The quantitative estimate of drug-likeness (QED) is 0.365. The van der Waals surface area contributed by atoms with E-state index >= 15 is 0 Å². The van der Waals surface area contributed by atoms with E-state index in [1.807, 2.05) is 24.3 Å². The second-order valence-corrected chi connectivity index (χ2v) is 8.13. The highest BCUT2D eigenvalue weighted by atomic mass is 16.6. The number of fused-ring (bicyclic) bond motifs is 2. The lowest BCUT2D eigenvalue weighted by Gasteiger charge is -2.17. The smallest absolute Gasteiger partial charge is 0.303 e. The predicted octanol–water partition coefficient (Wildman–Crippen LogP) is 0.553. The van der Waals surface area contributed by atoms with Crippen LogP contribution in [0.1, 0.15) is 42.2 Å². The van der Waals surface area contributed by atoms with Gasteiger partial charge in [-0.2, -0.15) is 0 Å². The van der Waals surface area contributed by atoms with Crippen LogP contribution in [0.5, 0.6) is 0 Å². The van der Waals surface area contributed by atoms with E-state index in [-0.39, 0.29) is 18.4 Å². The number of anilines is 1. The molecule has 168 valence electrons. The Morgan fingerprint density at radius 1 is 1.16 bits per heavy atom. The maximum absolute atomic E-state index is 11.3. The molecule has 6 atom stereocenters. The third-order valence-corrected chi connectivity index (χ3v) is 6.21. The SMILES string of the molecule is O=C(O)CC1CC(Nc2ncnc3c2ncn3[C@@H]2O[C@H](CO)[C@@H](O)[C@H]2O)c2ccccc21. The number of hydrogen-bond donors (Lipinski definition) is 5. The van der Waals surface area contributed by atoms with E-state index in [9.17, 15) is 25.2 Å². The Morgan fingerprint density at radius 3 is 2.66 bits per heavy atom. The molecule has 0 saturated carbocycles. The van der Waals surface area contributed by atoms with Gasteiger partial charge in [-0.25, -0.2) is 15.0 Å². The monoisotopic (exact) mass is 441 g/mol. The average Bonchev–Trinajstić information content (AvgIpc) is 3.44. The number of aliphatic hydroxyl groups is 3. The summed E-state index contributed by atoms with van der Waals surface area (Å²) in [5.74, 6) is -0.474. The summed E-state index contributed by atoms with van der Waals surface area (Å²) < 4.78 is 7.10. The minimum atomic E-state index is -1.26. The average molecular weight is 441 g/mol. The van der Waals surface area contributed by atoms with Crippen molar-refractivity contribution < 1.29 is 30.0 Å². The van der Waals surface area contributed by atoms with Crippen molar-refractivity contribution in [2.24, 2.45) is 0 Å². The van der Waals surface area contributed by atoms with Gasteiger partial charge in [-0.15, -0.1) is 0 Å². The highest BCUT2D eigenvalue weighted by Gasteiger charge is 2.44. The molecule has 3 aromatic rings. The van der Waals surface area contributed by atoms with Gasteiger partial charge in [0.2, 0.25) is 0 Å². The Bertz CT molecular complexity index is 1150. The van der Waals surface area contributed by atoms with Gasteiger partial charge in [0.15, 0.2) is 23.2 Å². The Hall–Kier alpha value is -3.12. The predicted molar refractivity (Wildman–Crippen MR) is 111 cm³/mol. The maximum atomic E-state index is 11.3. The first-order chi connectivity index (χ1) is 15.5. The van der Waals surface area contributed by atoms with Crippen molar-refractivity contribution in [3.05, 3.63) is 48.0 Å². The van der Waals surface area contributed by atoms with E-state index < -0.39 is 37.1 Å². The van der Waals surface area contributed by atoms with E-state index in [0.717, 1.165) is 11.1 Å². The van der Waals surface area contributed by atoms with Crippen molar-refractivity contribution in [1.29, 1.82) is 0 Å². The van der Waals surface area contributed by atoms with Crippen molar-refractivity contribution in [3.8, 4) is 0 Å². The second-order valence-electron chi connectivity index (χ2n) is 8.13. The molecular formula is C21H23N5O6. The Morgan fingerprint density at radius 2 is 1.94 bits per heavy atom. The number of benzene rings is 1. The van der Waals surface area contributed by atoms with Crippen LogP contribution in [0.4, 0.5) is 5.82 Å². The molecule has 32 heavy (non-hydrogen) atoms. The number of nitrogens with zero attached hydrogens (tertiary/aromatic N) is 4. The standard InChI is InChI=1S/C21H23N5O6/c27-7-14-17(30)18(31)21(32-14)26-9-24-16-19(22-8-23-20(16)26)25-13-5-10(6-15(28)29)11-3-1-2-4-12(11)13/h1-4,8-10,13-14,17-18,21,27,30-31H,5-7H2,(H,28,29)(H,22,23,25)/t10?,13?,14-,17-,18-,21-/m1/s1. The molecule has 2 aromatic heterocycles. The number of carboxylic acid groups (broad SMARTS) is 1. The summed E-state index contributed by atoms with van der Waals surface area (Å²) in [5.41, 5.74) is 2.87. The number of aliphatic carboxylic acids is 1. The van der Waals surface area contributed by atoms with Crippen LogP contribution in [0.3, 0.4) is 0 Å². The van der Waals surface area contributed by atoms with Gasteiger partial charge in [-0.05, 0) is 23.5 Å². The third kappa shape index (κ3) is 3.39. The summed E-state index contributed by atoms with van der Waals surface area (Å²) in [5, 5.41) is 42.4. The van der Waals surface area contributed by atoms with Crippen LogP contribution in [0.25, 0.3) is 11.2 Å². The normalized spacial score (nSPS) is 29.3. The lowest BCUT2D eigenvalue weighted by atomic mass is 9.98. The number of carbonyl (C=O) groups is 1. The first kappa shape index (κ1) is 20.8. The molecule has 11 heteroatoms. The first-order valence-corrected chi connectivity index (χ1v) is 10.3. The fourth-order valence-electron chi connectivity index (χ4n) is 4.70. The van der Waals surface area contributed by atoms with Gasteiger partial charge in [0.05, 0.1) is 25.4 Å². The van der Waals surface area contributed by atoms with E-state index in [1.54, 1.807) is 0 Å². The fraction of sp³-hybridized carbons (Fsp3) is 0.429. The molecule has 5 rings (SSSR count). The van der Waals surface area contributed by atoms with Crippen molar-refractivity contribution in [3.63, 3.8) is 0 Å². The molecule has 11 nitrogen and oxygen atoms in total. The maximum Gasteiger partial charge on any atom is 0.303 e. The molecule has 1 saturated heterocycles. The zero-order chi connectivity index (χ0) is 22.4. The van der Waals surface area contributed by atoms with Gasteiger partial charge in [-0.3, -0.25) is 9.36 Å². The first-order valence-electron chi connectivity index (χ1n) is 10.3. The van der Waals surface area contributed by atoms with Gasteiger partial charge < -0.3 is 30.5 Å². The molecular weight excluding hydrogens is 418 g/mol. The Kier molecular flexibility index (Phi) is 5.25. The Balaban J connectivity index is 1.45. The largest absolute Gasteiger partial charge is 0.481 e. The van der Waals surface area contributed by atoms with Crippen LogP contribution in [-0.4, -0.2) is 70.8 Å². The van der Waals surface area contributed by atoms with Crippen LogP contribution in [0.2, 0.25) is 0 Å². The van der Waals surface area contributed by atoms with Crippen molar-refractivity contribution >= 4 is 23.0 Å². The van der Waals surface area contributed by atoms with Crippen molar-refractivity contribution in [2.75, 3.05) is 11.9 Å². The lowest BCUT2D eigenvalue weighted by Crippen LogP contribution is -2.33. The number of imidazole rings is 1. The highest BCUT2D eigenvalue weighted by molar-refractivity contribution is 5.83. The molecule has 1 aliphatic carbocycles. The summed E-state index contributed by atoms with van der Waals surface area (Å²) in [7, 11) is 0. The minimum absolute atomic E-state index is 0.0499. The molecule has 3 heterocycles. The number of aromatic nitrogens is 4. The molecule has 2 aliphatic rings. The summed E-state index contributed by atoms with van der Waals surface area (Å²) >= 11 is 0. The molecule has 0 radical (unpaired) electrons. The Labute approximate surface area is 182 Å². The zero-order valence-electron chi connectivity index (χ0n) is 16.9.